The number of benzene rings is 1. The van der Waals surface area contributed by atoms with Crippen molar-refractivity contribution in [3.8, 4) is 0 Å². The molecule has 0 amide bonds. The van der Waals surface area contributed by atoms with Gasteiger partial charge < -0.3 is 9.88 Å². The molecule has 0 unspecified atom stereocenters. The maximum atomic E-state index is 12.5. The maximum Gasteiger partial charge on any atom is 0.277 e. The van der Waals surface area contributed by atoms with E-state index in [4.69, 9.17) is 0 Å². The van der Waals surface area contributed by atoms with E-state index in [0.29, 0.717) is 11.4 Å². The number of H-pyrrole nitrogens is 1. The predicted molar refractivity (Wildman–Crippen MR) is 99.7 cm³/mol. The zero-order valence-electron chi connectivity index (χ0n) is 14.4. The van der Waals surface area contributed by atoms with Crippen LogP contribution < -0.4 is 5.56 Å². The van der Waals surface area contributed by atoms with Crippen LogP contribution in [0.25, 0.3) is 11.0 Å². The lowest BCUT2D eigenvalue weighted by Crippen LogP contribution is -2.37. The van der Waals surface area contributed by atoms with Crippen LogP contribution in [-0.2, 0) is 13.0 Å². The van der Waals surface area contributed by atoms with Gasteiger partial charge in [-0.2, -0.15) is 0 Å². The number of piperidine rings is 1. The monoisotopic (exact) mass is 336 g/mol. The second-order valence-corrected chi connectivity index (χ2v) is 6.96. The highest BCUT2D eigenvalue weighted by Crippen LogP contribution is 2.19. The minimum atomic E-state index is 0.0431. The van der Waals surface area contributed by atoms with E-state index >= 15 is 0 Å². The summed E-state index contributed by atoms with van der Waals surface area (Å²) < 4.78 is 1.77. The van der Waals surface area contributed by atoms with E-state index in [9.17, 15) is 4.79 Å². The number of aromatic amines is 1. The van der Waals surface area contributed by atoms with Crippen molar-refractivity contribution >= 4 is 11.0 Å². The van der Waals surface area contributed by atoms with Gasteiger partial charge in [-0.15, -0.1) is 0 Å². The molecule has 0 atom stereocenters. The molecular formula is C20H24N4O. The Labute approximate surface area is 147 Å². The van der Waals surface area contributed by atoms with Gasteiger partial charge in [-0.05, 0) is 49.9 Å². The lowest BCUT2D eigenvalue weighted by Gasteiger charge is -2.32. The summed E-state index contributed by atoms with van der Waals surface area (Å²) >= 11 is 0. The molecule has 5 heteroatoms. The molecule has 0 spiro atoms. The first kappa shape index (κ1) is 16.1. The average molecular weight is 336 g/mol. The minimum Gasteiger partial charge on any atom is -0.355 e. The Morgan fingerprint density at radius 2 is 1.92 bits per heavy atom. The summed E-state index contributed by atoms with van der Waals surface area (Å²) in [6.07, 6.45) is 6.86. The summed E-state index contributed by atoms with van der Waals surface area (Å²) in [7, 11) is 0. The summed E-state index contributed by atoms with van der Waals surface area (Å²) in [6.45, 7) is 4.12. The molecule has 3 aromatic rings. The number of likely N-dealkylation sites (tertiary alicyclic amines) is 1. The third-order valence-corrected chi connectivity index (χ3v) is 5.26. The van der Waals surface area contributed by atoms with Crippen molar-refractivity contribution in [2.45, 2.75) is 25.8 Å². The fraction of sp³-hybridized carbons (Fsp3) is 0.400. The molecule has 4 rings (SSSR count). The number of hydrogen-bond acceptors (Lipinski definition) is 3. The molecule has 1 saturated heterocycles. The van der Waals surface area contributed by atoms with Gasteiger partial charge in [0.1, 0.15) is 5.52 Å². The average Bonchev–Trinajstić information content (AvgIpc) is 3.14. The number of hydrogen-bond donors (Lipinski definition) is 1. The zero-order chi connectivity index (χ0) is 17.1. The number of fused-ring (bicyclic) bond motifs is 1. The van der Waals surface area contributed by atoms with Crippen LogP contribution in [0.3, 0.4) is 0 Å². The van der Waals surface area contributed by atoms with Crippen molar-refractivity contribution in [3.05, 3.63) is 64.8 Å². The molecule has 2 aromatic heterocycles. The van der Waals surface area contributed by atoms with Gasteiger partial charge in [-0.3, -0.25) is 9.36 Å². The Kier molecular flexibility index (Phi) is 4.65. The third kappa shape index (κ3) is 3.66. The van der Waals surface area contributed by atoms with Crippen molar-refractivity contribution in [1.29, 1.82) is 0 Å². The van der Waals surface area contributed by atoms with Crippen LogP contribution in [0.2, 0.25) is 0 Å². The number of aromatic nitrogens is 3. The standard InChI is InChI=1S/C20H24N4O/c25-20-19-18(6-10-21-19)22-15-24(20)14-17-8-12-23(13-9-17)11-7-16-4-2-1-3-5-16/h1-6,10,15,17,21H,7-9,11-14H2. The normalized spacial score (nSPS) is 16.5. The van der Waals surface area contributed by atoms with Crippen LogP contribution in [0.1, 0.15) is 18.4 Å². The van der Waals surface area contributed by atoms with Crippen molar-refractivity contribution < 1.29 is 0 Å². The fourth-order valence-electron chi connectivity index (χ4n) is 3.70. The largest absolute Gasteiger partial charge is 0.355 e. The lowest BCUT2D eigenvalue weighted by atomic mass is 9.96. The molecule has 0 aliphatic carbocycles. The predicted octanol–water partition coefficient (Wildman–Crippen LogP) is 2.68. The molecule has 0 saturated carbocycles. The van der Waals surface area contributed by atoms with Crippen LogP contribution in [-0.4, -0.2) is 39.1 Å². The van der Waals surface area contributed by atoms with E-state index in [1.807, 2.05) is 6.07 Å². The Balaban J connectivity index is 1.31. The van der Waals surface area contributed by atoms with Crippen LogP contribution in [0.4, 0.5) is 0 Å². The summed E-state index contributed by atoms with van der Waals surface area (Å²) in [6, 6.07) is 12.5. The molecular weight excluding hydrogens is 312 g/mol. The van der Waals surface area contributed by atoms with Crippen molar-refractivity contribution in [2.75, 3.05) is 19.6 Å². The van der Waals surface area contributed by atoms with Crippen LogP contribution >= 0.6 is 0 Å². The SMILES string of the molecule is O=c1c2[nH]ccc2ncn1CC1CCN(CCc2ccccc2)CC1. The molecule has 1 aliphatic heterocycles. The second-order valence-electron chi connectivity index (χ2n) is 6.96. The van der Waals surface area contributed by atoms with Crippen molar-refractivity contribution in [2.24, 2.45) is 5.92 Å². The van der Waals surface area contributed by atoms with E-state index in [2.05, 4.69) is 45.2 Å². The van der Waals surface area contributed by atoms with Gasteiger partial charge in [-0.1, -0.05) is 30.3 Å². The van der Waals surface area contributed by atoms with Gasteiger partial charge in [0.05, 0.1) is 11.8 Å². The molecule has 0 bridgehead atoms. The molecule has 130 valence electrons. The summed E-state index contributed by atoms with van der Waals surface area (Å²) in [5.41, 5.74) is 2.81. The molecule has 5 nitrogen and oxygen atoms in total. The van der Waals surface area contributed by atoms with Crippen molar-refractivity contribution in [1.82, 2.24) is 19.4 Å². The van der Waals surface area contributed by atoms with Crippen LogP contribution in [0.15, 0.2) is 53.7 Å². The second kappa shape index (κ2) is 7.23. The van der Waals surface area contributed by atoms with E-state index in [1.165, 1.54) is 5.56 Å². The number of rotatable bonds is 5. The molecule has 1 aliphatic rings. The Morgan fingerprint density at radius 3 is 2.72 bits per heavy atom. The first-order valence-corrected chi connectivity index (χ1v) is 9.08. The van der Waals surface area contributed by atoms with Gasteiger partial charge >= 0.3 is 0 Å². The van der Waals surface area contributed by atoms with Gasteiger partial charge in [0.25, 0.3) is 5.56 Å². The topological polar surface area (TPSA) is 53.9 Å². The van der Waals surface area contributed by atoms with Crippen molar-refractivity contribution in [3.63, 3.8) is 0 Å². The Hall–Kier alpha value is -2.40. The third-order valence-electron chi connectivity index (χ3n) is 5.26. The Morgan fingerprint density at radius 1 is 1.12 bits per heavy atom. The van der Waals surface area contributed by atoms with E-state index in [0.717, 1.165) is 51.0 Å². The van der Waals surface area contributed by atoms with E-state index in [1.54, 1.807) is 17.1 Å². The summed E-state index contributed by atoms with van der Waals surface area (Å²) in [5, 5.41) is 0. The molecule has 25 heavy (non-hydrogen) atoms. The smallest absolute Gasteiger partial charge is 0.277 e. The molecule has 0 radical (unpaired) electrons. The first-order valence-electron chi connectivity index (χ1n) is 9.08. The molecule has 1 aromatic carbocycles. The highest BCUT2D eigenvalue weighted by atomic mass is 16.1. The van der Waals surface area contributed by atoms with Crippen LogP contribution in [0, 0.1) is 5.92 Å². The Bertz CT molecular complexity index is 875. The van der Waals surface area contributed by atoms with Gasteiger partial charge in [0, 0.05) is 19.3 Å². The lowest BCUT2D eigenvalue weighted by molar-refractivity contribution is 0.174. The highest BCUT2D eigenvalue weighted by molar-refractivity contribution is 5.73. The van der Waals surface area contributed by atoms with Gasteiger partial charge in [0.2, 0.25) is 0 Å². The van der Waals surface area contributed by atoms with E-state index in [-0.39, 0.29) is 5.56 Å². The summed E-state index contributed by atoms with van der Waals surface area (Å²) in [5.74, 6) is 0.555. The molecule has 3 heterocycles. The van der Waals surface area contributed by atoms with Gasteiger partial charge in [-0.25, -0.2) is 4.98 Å². The fourth-order valence-corrected chi connectivity index (χ4v) is 3.70. The zero-order valence-corrected chi connectivity index (χ0v) is 14.4. The quantitative estimate of drug-likeness (QED) is 0.779. The highest BCUT2D eigenvalue weighted by Gasteiger charge is 2.20. The summed E-state index contributed by atoms with van der Waals surface area (Å²) in [4.78, 5) is 22.4. The van der Waals surface area contributed by atoms with E-state index < -0.39 is 0 Å². The first-order chi connectivity index (χ1) is 12.3. The number of nitrogens with zero attached hydrogens (tertiary/aromatic N) is 3. The van der Waals surface area contributed by atoms with Crippen LogP contribution in [0.5, 0.6) is 0 Å². The molecule has 1 N–H and O–H groups in total. The number of nitrogens with one attached hydrogen (secondary N) is 1. The van der Waals surface area contributed by atoms with Gasteiger partial charge in [0.15, 0.2) is 0 Å². The maximum absolute atomic E-state index is 12.5. The molecule has 1 fully saturated rings. The minimum absolute atomic E-state index is 0.0431.